The van der Waals surface area contributed by atoms with Gasteiger partial charge < -0.3 is 0 Å². The Balaban J connectivity index is 2.68. The van der Waals surface area contributed by atoms with Crippen molar-refractivity contribution in [3.8, 4) is 0 Å². The van der Waals surface area contributed by atoms with E-state index in [1.807, 2.05) is 0 Å². The lowest BCUT2D eigenvalue weighted by Gasteiger charge is -1.96. The fourth-order valence-electron chi connectivity index (χ4n) is 0.343. The van der Waals surface area contributed by atoms with Crippen molar-refractivity contribution in [3.63, 3.8) is 0 Å². The van der Waals surface area contributed by atoms with Crippen molar-refractivity contribution < 1.29 is 0 Å². The van der Waals surface area contributed by atoms with E-state index in [9.17, 15) is 0 Å². The lowest BCUT2D eigenvalue weighted by molar-refractivity contribution is 1.05. The van der Waals surface area contributed by atoms with Gasteiger partial charge in [0.15, 0.2) is 0 Å². The molecule has 0 aliphatic heterocycles. The molecule has 0 heterocycles. The van der Waals surface area contributed by atoms with E-state index in [1.54, 1.807) is 0 Å². The third-order valence-corrected chi connectivity index (χ3v) is 3.13. The summed E-state index contributed by atoms with van der Waals surface area (Å²) in [7, 11) is 1.14. The van der Waals surface area contributed by atoms with Crippen molar-refractivity contribution in [1.29, 1.82) is 0 Å². The first-order valence-corrected chi connectivity index (χ1v) is 4.97. The van der Waals surface area contributed by atoms with Crippen LogP contribution in [0, 0.1) is 0 Å². The monoisotopic (exact) mass is 178 g/mol. The summed E-state index contributed by atoms with van der Waals surface area (Å²) < 4.78 is 0. The highest BCUT2D eigenvalue weighted by molar-refractivity contribution is 9.09. The molecule has 0 unspecified atom stereocenters. The van der Waals surface area contributed by atoms with E-state index in [4.69, 9.17) is 0 Å². The molecule has 0 atom stereocenters. The van der Waals surface area contributed by atoms with Crippen LogP contribution in [-0.2, 0) is 0 Å². The van der Waals surface area contributed by atoms with E-state index in [-0.39, 0.29) is 0 Å². The predicted octanol–water partition coefficient (Wildman–Crippen LogP) is 2.33. The molecule has 2 heteroatoms. The maximum absolute atomic E-state index is 3.38. The zero-order chi connectivity index (χ0) is 5.70. The van der Waals surface area contributed by atoms with Crippen LogP contribution in [0.1, 0.15) is 13.8 Å². The van der Waals surface area contributed by atoms with Crippen molar-refractivity contribution >= 4 is 25.4 Å². The first kappa shape index (κ1) is 7.70. The molecule has 0 saturated heterocycles. The second-order valence-corrected chi connectivity index (χ2v) is 4.65. The smallest absolute Gasteiger partial charge is 0.0416 e. The minimum atomic E-state index is 0.901. The molecule has 0 N–H and O–H groups in total. The molecule has 42 valence electrons. The molecule has 0 aromatic rings. The number of alkyl halides is 1. The minimum absolute atomic E-state index is 0.901. The quantitative estimate of drug-likeness (QED) is 0.460. The molecule has 7 heavy (non-hydrogen) atoms. The maximum Gasteiger partial charge on any atom is 0.0416 e. The maximum atomic E-state index is 3.38. The zero-order valence-electron chi connectivity index (χ0n) is 4.87. The molecule has 0 nitrogen and oxygen atoms in total. The average molecular weight is 179 g/mol. The van der Waals surface area contributed by atoms with Gasteiger partial charge in [0.05, 0.1) is 0 Å². The van der Waals surface area contributed by atoms with Crippen LogP contribution in [0.15, 0.2) is 0 Å². The Labute approximate surface area is 56.6 Å². The molecular weight excluding hydrogens is 168 g/mol. The molecule has 0 aromatic carbocycles. The third kappa shape index (κ3) is 6.70. The summed E-state index contributed by atoms with van der Waals surface area (Å²) in [6.45, 7) is 4.53. The summed E-state index contributed by atoms with van der Waals surface area (Å²) in [5.74, 6) is 0. The van der Waals surface area contributed by atoms with Gasteiger partial charge in [0.2, 0.25) is 0 Å². The number of rotatable bonds is 3. The Morgan fingerprint density at radius 2 is 2.14 bits per heavy atom. The van der Waals surface area contributed by atoms with Gasteiger partial charge >= 0.3 is 0 Å². The molecule has 0 aliphatic carbocycles. The second kappa shape index (κ2) is 4.85. The molecule has 0 aliphatic rings. The normalized spacial score (nSPS) is 10.3. The summed E-state index contributed by atoms with van der Waals surface area (Å²) in [5, 5.41) is 1.17. The Morgan fingerprint density at radius 1 is 1.57 bits per heavy atom. The topological polar surface area (TPSA) is 0 Å². The van der Waals surface area contributed by atoms with Crippen molar-refractivity contribution in [3.05, 3.63) is 0 Å². The van der Waals surface area contributed by atoms with Crippen LogP contribution in [0.5, 0.6) is 0 Å². The van der Waals surface area contributed by atoms with Gasteiger partial charge in [0.1, 0.15) is 0 Å². The van der Waals surface area contributed by atoms with Crippen LogP contribution in [0.2, 0.25) is 11.6 Å². The number of hydrogen-bond acceptors (Lipinski definition) is 0. The fraction of sp³-hybridized carbons (Fsp3) is 1.00. The minimum Gasteiger partial charge on any atom is -0.0931 e. The predicted molar refractivity (Wildman–Crippen MR) is 39.5 cm³/mol. The first-order valence-electron chi connectivity index (χ1n) is 2.56. The Hall–Kier alpha value is 0.697. The van der Waals surface area contributed by atoms with Crippen LogP contribution in [-0.4, -0.2) is 14.8 Å². The molecule has 0 spiro atoms. The van der Waals surface area contributed by atoms with E-state index in [1.165, 1.54) is 11.4 Å². The van der Waals surface area contributed by atoms with Gasteiger partial charge in [-0.05, 0) is 0 Å². The van der Waals surface area contributed by atoms with Crippen LogP contribution in [0.3, 0.4) is 0 Å². The van der Waals surface area contributed by atoms with Gasteiger partial charge in [0, 0.05) is 14.8 Å². The molecule has 0 rings (SSSR count). The van der Waals surface area contributed by atoms with Crippen molar-refractivity contribution in [2.75, 3.05) is 5.33 Å². The highest BCUT2D eigenvalue weighted by Crippen LogP contribution is 2.00. The summed E-state index contributed by atoms with van der Waals surface area (Å²) in [5.41, 5.74) is 0.901. The van der Waals surface area contributed by atoms with E-state index >= 15 is 0 Å². The van der Waals surface area contributed by atoms with E-state index in [2.05, 4.69) is 29.8 Å². The molecule has 2 radical (unpaired) electrons. The van der Waals surface area contributed by atoms with Crippen LogP contribution >= 0.6 is 15.9 Å². The third-order valence-electron chi connectivity index (χ3n) is 0.647. The average Bonchev–Trinajstić information content (AvgIpc) is 1.61. The second-order valence-electron chi connectivity index (χ2n) is 1.80. The molecule has 0 aromatic heterocycles. The van der Waals surface area contributed by atoms with Crippen LogP contribution in [0.4, 0.5) is 0 Å². The molecule has 0 saturated carbocycles. The zero-order valence-corrected chi connectivity index (χ0v) is 7.46. The number of halogens is 1. The standard InChI is InChI=1S/C5H11BrSi/c1-5(2)7-4-3-6/h5H,3-4H2,1-2H3. The molecule has 0 amide bonds. The van der Waals surface area contributed by atoms with Gasteiger partial charge in [-0.15, -0.1) is 0 Å². The lowest BCUT2D eigenvalue weighted by Crippen LogP contribution is -1.93. The SMILES string of the molecule is CC(C)[Si]CCBr. The highest BCUT2D eigenvalue weighted by Gasteiger charge is 1.91. The van der Waals surface area contributed by atoms with E-state index in [0.717, 1.165) is 15.1 Å². The van der Waals surface area contributed by atoms with Gasteiger partial charge in [-0.25, -0.2) is 0 Å². The number of hydrogen-bond donors (Lipinski definition) is 0. The molecular formula is C5H11BrSi. The van der Waals surface area contributed by atoms with Crippen molar-refractivity contribution in [2.24, 2.45) is 0 Å². The Kier molecular flexibility index (Phi) is 5.33. The van der Waals surface area contributed by atoms with Crippen molar-refractivity contribution in [2.45, 2.75) is 25.4 Å². The summed E-state index contributed by atoms with van der Waals surface area (Å²) >= 11 is 3.38. The van der Waals surface area contributed by atoms with Crippen molar-refractivity contribution in [1.82, 2.24) is 0 Å². The van der Waals surface area contributed by atoms with Crippen LogP contribution in [0.25, 0.3) is 0 Å². The van der Waals surface area contributed by atoms with E-state index < -0.39 is 0 Å². The van der Waals surface area contributed by atoms with Gasteiger partial charge in [-0.1, -0.05) is 41.4 Å². The summed E-state index contributed by atoms with van der Waals surface area (Å²) in [4.78, 5) is 0. The van der Waals surface area contributed by atoms with Crippen LogP contribution < -0.4 is 0 Å². The Morgan fingerprint density at radius 3 is 2.29 bits per heavy atom. The van der Waals surface area contributed by atoms with E-state index in [0.29, 0.717) is 0 Å². The molecule has 0 fully saturated rings. The summed E-state index contributed by atoms with van der Waals surface area (Å²) in [6, 6.07) is 1.34. The summed E-state index contributed by atoms with van der Waals surface area (Å²) in [6.07, 6.45) is 0. The lowest BCUT2D eigenvalue weighted by atomic mass is 10.6. The van der Waals surface area contributed by atoms with Gasteiger partial charge in [0.25, 0.3) is 0 Å². The Bertz CT molecular complexity index is 37.1. The van der Waals surface area contributed by atoms with Gasteiger partial charge in [-0.2, -0.15) is 0 Å². The first-order chi connectivity index (χ1) is 3.27. The molecule has 0 bridgehead atoms. The highest BCUT2D eigenvalue weighted by atomic mass is 79.9. The largest absolute Gasteiger partial charge is 0.0931 e. The van der Waals surface area contributed by atoms with Gasteiger partial charge in [-0.3, -0.25) is 0 Å². The fourth-order valence-corrected chi connectivity index (χ4v) is 1.72.